The third kappa shape index (κ3) is 4.65. The van der Waals surface area contributed by atoms with E-state index in [1.807, 2.05) is 0 Å². The summed E-state index contributed by atoms with van der Waals surface area (Å²) in [5.74, 6) is 1.40. The molecule has 0 aliphatic carbocycles. The summed E-state index contributed by atoms with van der Waals surface area (Å²) in [6.07, 6.45) is 3.53. The first-order valence-corrected chi connectivity index (χ1v) is 6.75. The minimum Gasteiger partial charge on any atom is -0.494 e. The number of rotatable bonds is 5. The molecule has 0 aromatic heterocycles. The lowest BCUT2D eigenvalue weighted by Gasteiger charge is -2.22. The van der Waals surface area contributed by atoms with Crippen molar-refractivity contribution in [2.45, 2.75) is 26.2 Å². The van der Waals surface area contributed by atoms with Crippen LogP contribution in [-0.4, -0.2) is 24.6 Å². The van der Waals surface area contributed by atoms with E-state index in [1.165, 1.54) is 18.9 Å². The van der Waals surface area contributed by atoms with E-state index >= 15 is 0 Å². The largest absolute Gasteiger partial charge is 0.494 e. The lowest BCUT2D eigenvalue weighted by molar-refractivity contribution is -0.385. The highest BCUT2D eigenvalue weighted by Crippen LogP contribution is 2.23. The third-order valence-corrected chi connectivity index (χ3v) is 3.56. The maximum atomic E-state index is 10.7. The quantitative estimate of drug-likeness (QED) is 0.670. The van der Waals surface area contributed by atoms with Gasteiger partial charge in [0.05, 0.1) is 11.5 Å². The molecule has 20 heavy (non-hydrogen) atoms. The van der Waals surface area contributed by atoms with Crippen molar-refractivity contribution in [3.63, 3.8) is 0 Å². The van der Waals surface area contributed by atoms with Gasteiger partial charge in [0, 0.05) is 11.6 Å². The number of halogens is 1. The molecular weight excluding hydrogens is 280 g/mol. The number of nitro groups is 1. The Labute approximate surface area is 125 Å². The van der Waals surface area contributed by atoms with Gasteiger partial charge >= 0.3 is 0 Å². The van der Waals surface area contributed by atoms with Crippen LogP contribution in [0.15, 0.2) is 18.2 Å². The van der Waals surface area contributed by atoms with Crippen molar-refractivity contribution in [1.82, 2.24) is 5.32 Å². The molecule has 6 heteroatoms. The topological polar surface area (TPSA) is 64.4 Å². The monoisotopic (exact) mass is 300 g/mol. The molecule has 5 nitrogen and oxygen atoms in total. The van der Waals surface area contributed by atoms with E-state index in [1.54, 1.807) is 19.1 Å². The number of aryl methyl sites for hydroxylation is 1. The van der Waals surface area contributed by atoms with Crippen molar-refractivity contribution in [3.05, 3.63) is 33.9 Å². The summed E-state index contributed by atoms with van der Waals surface area (Å²) >= 11 is 0. The van der Waals surface area contributed by atoms with Gasteiger partial charge in [-0.3, -0.25) is 10.1 Å². The van der Waals surface area contributed by atoms with E-state index in [2.05, 4.69) is 5.32 Å². The van der Waals surface area contributed by atoms with Gasteiger partial charge in [-0.25, -0.2) is 0 Å². The van der Waals surface area contributed by atoms with E-state index in [0.29, 0.717) is 23.8 Å². The number of piperidine rings is 1. The van der Waals surface area contributed by atoms with Gasteiger partial charge in [0.2, 0.25) is 0 Å². The Morgan fingerprint density at radius 1 is 1.50 bits per heavy atom. The van der Waals surface area contributed by atoms with E-state index < -0.39 is 0 Å². The molecule has 1 aliphatic heterocycles. The van der Waals surface area contributed by atoms with Crippen LogP contribution in [-0.2, 0) is 0 Å². The molecular formula is C14H21ClN2O3. The lowest BCUT2D eigenvalue weighted by atomic mass is 9.97. The number of benzene rings is 1. The van der Waals surface area contributed by atoms with Crippen LogP contribution in [0, 0.1) is 23.0 Å². The van der Waals surface area contributed by atoms with E-state index in [4.69, 9.17) is 4.74 Å². The number of nitro benzene ring substituents is 1. The Kier molecular flexibility index (Phi) is 6.75. The van der Waals surface area contributed by atoms with Crippen LogP contribution in [0.2, 0.25) is 0 Å². The first-order chi connectivity index (χ1) is 9.16. The van der Waals surface area contributed by atoms with E-state index in [9.17, 15) is 10.1 Å². The Balaban J connectivity index is 0.00000200. The van der Waals surface area contributed by atoms with Crippen LogP contribution in [0.3, 0.4) is 0 Å². The molecule has 0 radical (unpaired) electrons. The van der Waals surface area contributed by atoms with E-state index in [0.717, 1.165) is 19.5 Å². The second kappa shape index (κ2) is 8.07. The summed E-state index contributed by atoms with van der Waals surface area (Å²) in [6.45, 7) is 4.60. The molecule has 1 aromatic rings. The number of nitrogens with one attached hydrogen (secondary N) is 1. The molecule has 2 rings (SSSR count). The maximum Gasteiger partial charge on any atom is 0.272 e. The molecule has 1 aliphatic rings. The Morgan fingerprint density at radius 2 is 2.30 bits per heavy atom. The van der Waals surface area contributed by atoms with E-state index in [-0.39, 0.29) is 23.0 Å². The zero-order chi connectivity index (χ0) is 13.7. The number of ether oxygens (including phenoxy) is 1. The molecule has 1 fully saturated rings. The smallest absolute Gasteiger partial charge is 0.272 e. The van der Waals surface area contributed by atoms with Crippen LogP contribution < -0.4 is 10.1 Å². The lowest BCUT2D eigenvalue weighted by Crippen LogP contribution is -2.30. The third-order valence-electron chi connectivity index (χ3n) is 3.56. The molecule has 0 saturated carbocycles. The molecule has 1 aromatic carbocycles. The number of hydrogen-bond acceptors (Lipinski definition) is 4. The summed E-state index contributed by atoms with van der Waals surface area (Å²) in [6, 6.07) is 4.91. The Bertz CT molecular complexity index is 448. The summed E-state index contributed by atoms with van der Waals surface area (Å²) in [4.78, 5) is 10.3. The van der Waals surface area contributed by atoms with Gasteiger partial charge < -0.3 is 10.1 Å². The summed E-state index contributed by atoms with van der Waals surface area (Å²) in [5, 5.41) is 14.1. The number of nitrogens with zero attached hydrogens (tertiary/aromatic N) is 1. The van der Waals surface area contributed by atoms with Gasteiger partial charge in [0.15, 0.2) is 0 Å². The maximum absolute atomic E-state index is 10.7. The summed E-state index contributed by atoms with van der Waals surface area (Å²) in [5.41, 5.74) is 0.783. The van der Waals surface area contributed by atoms with Crippen molar-refractivity contribution in [3.8, 4) is 5.75 Å². The predicted octanol–water partition coefficient (Wildman–Crippen LogP) is 3.09. The van der Waals surface area contributed by atoms with Crippen LogP contribution >= 0.6 is 12.4 Å². The fourth-order valence-electron chi connectivity index (χ4n) is 2.44. The van der Waals surface area contributed by atoms with Gasteiger partial charge in [-0.2, -0.15) is 0 Å². The average molecular weight is 301 g/mol. The van der Waals surface area contributed by atoms with Gasteiger partial charge in [-0.15, -0.1) is 12.4 Å². The minimum atomic E-state index is -0.368. The first kappa shape index (κ1) is 16.7. The van der Waals surface area contributed by atoms with Crippen molar-refractivity contribution >= 4 is 18.1 Å². The van der Waals surface area contributed by atoms with Crippen molar-refractivity contribution < 1.29 is 9.66 Å². The van der Waals surface area contributed by atoms with Gasteiger partial charge in [0.1, 0.15) is 5.75 Å². The average Bonchev–Trinajstić information content (AvgIpc) is 2.39. The molecule has 0 bridgehead atoms. The van der Waals surface area contributed by atoms with Crippen LogP contribution in [0.25, 0.3) is 0 Å². The minimum absolute atomic E-state index is 0. The van der Waals surface area contributed by atoms with Crippen molar-refractivity contribution in [1.29, 1.82) is 0 Å². The van der Waals surface area contributed by atoms with Crippen molar-refractivity contribution in [2.75, 3.05) is 19.7 Å². The van der Waals surface area contributed by atoms with Gasteiger partial charge in [-0.1, -0.05) is 0 Å². The molecule has 0 amide bonds. The zero-order valence-electron chi connectivity index (χ0n) is 11.6. The second-order valence-corrected chi connectivity index (χ2v) is 5.05. The standard InChI is InChI=1S/C14H20N2O3.ClH/c1-11-9-13(4-5-14(11)16(17)18)19-8-6-12-3-2-7-15-10-12;/h4-5,9,12,15H,2-3,6-8,10H2,1H3;1H. The first-order valence-electron chi connectivity index (χ1n) is 6.75. The Morgan fingerprint density at radius 3 is 2.90 bits per heavy atom. The second-order valence-electron chi connectivity index (χ2n) is 5.05. The predicted molar refractivity (Wildman–Crippen MR) is 80.8 cm³/mol. The summed E-state index contributed by atoms with van der Waals surface area (Å²) in [7, 11) is 0. The molecule has 1 atom stereocenters. The summed E-state index contributed by atoms with van der Waals surface area (Å²) < 4.78 is 5.67. The van der Waals surface area contributed by atoms with Crippen LogP contribution in [0.5, 0.6) is 5.75 Å². The van der Waals surface area contributed by atoms with Crippen molar-refractivity contribution in [2.24, 2.45) is 5.92 Å². The van der Waals surface area contributed by atoms with Crippen LogP contribution in [0.1, 0.15) is 24.8 Å². The highest BCUT2D eigenvalue weighted by Gasteiger charge is 2.13. The zero-order valence-corrected chi connectivity index (χ0v) is 12.4. The molecule has 1 saturated heterocycles. The highest BCUT2D eigenvalue weighted by atomic mass is 35.5. The van der Waals surface area contributed by atoms with Gasteiger partial charge in [-0.05, 0) is 57.3 Å². The molecule has 1 heterocycles. The fraction of sp³-hybridized carbons (Fsp3) is 0.571. The van der Waals surface area contributed by atoms with Crippen LogP contribution in [0.4, 0.5) is 5.69 Å². The molecule has 1 N–H and O–H groups in total. The molecule has 0 spiro atoms. The Hall–Kier alpha value is -1.33. The molecule has 112 valence electrons. The fourth-order valence-corrected chi connectivity index (χ4v) is 2.44. The molecule has 1 unspecified atom stereocenters. The SMILES string of the molecule is Cc1cc(OCCC2CCCNC2)ccc1[N+](=O)[O-].Cl. The van der Waals surface area contributed by atoms with Gasteiger partial charge in [0.25, 0.3) is 5.69 Å². The highest BCUT2D eigenvalue weighted by molar-refractivity contribution is 5.85. The number of hydrogen-bond donors (Lipinski definition) is 1. The normalized spacial score (nSPS) is 18.1.